The van der Waals surface area contributed by atoms with Crippen molar-refractivity contribution in [2.75, 3.05) is 7.11 Å². The molecule has 21 heavy (non-hydrogen) atoms. The zero-order valence-corrected chi connectivity index (χ0v) is 12.6. The topological polar surface area (TPSA) is 52.5 Å². The Hall–Kier alpha value is -2.33. The molecule has 0 aliphatic carbocycles. The zero-order chi connectivity index (χ0) is 15.0. The van der Waals surface area contributed by atoms with Gasteiger partial charge in [-0.15, -0.1) is 0 Å². The Morgan fingerprint density at radius 2 is 2.00 bits per heavy atom. The Labute approximate surface area is 124 Å². The van der Waals surface area contributed by atoms with Gasteiger partial charge < -0.3 is 14.9 Å². The standard InChI is InChI=1S/C17H19N3O/c1-11-8-14(5-6-15(11)21-3)17-12(2)20-10-13(9-18)4-7-16(20)19-17/h4-8,10H,9,18H2,1-3H3. The molecule has 0 aliphatic rings. The van der Waals surface area contributed by atoms with Crippen LogP contribution in [-0.4, -0.2) is 16.5 Å². The normalized spacial score (nSPS) is 11.0. The van der Waals surface area contributed by atoms with E-state index in [0.29, 0.717) is 6.54 Å². The van der Waals surface area contributed by atoms with Crippen molar-refractivity contribution >= 4 is 5.65 Å². The predicted molar refractivity (Wildman–Crippen MR) is 84.5 cm³/mol. The molecule has 0 radical (unpaired) electrons. The third-order valence-electron chi connectivity index (χ3n) is 3.82. The first-order chi connectivity index (χ1) is 10.1. The molecule has 0 unspecified atom stereocenters. The number of methoxy groups -OCH3 is 1. The molecule has 0 atom stereocenters. The van der Waals surface area contributed by atoms with Crippen LogP contribution in [0.2, 0.25) is 0 Å². The van der Waals surface area contributed by atoms with Gasteiger partial charge in [-0.3, -0.25) is 0 Å². The smallest absolute Gasteiger partial charge is 0.137 e. The third-order valence-corrected chi connectivity index (χ3v) is 3.82. The first-order valence-corrected chi connectivity index (χ1v) is 6.96. The second-order valence-corrected chi connectivity index (χ2v) is 5.20. The first-order valence-electron chi connectivity index (χ1n) is 6.96. The summed E-state index contributed by atoms with van der Waals surface area (Å²) in [6, 6.07) is 10.2. The highest BCUT2D eigenvalue weighted by atomic mass is 16.5. The molecule has 0 amide bonds. The van der Waals surface area contributed by atoms with Crippen LogP contribution < -0.4 is 10.5 Å². The van der Waals surface area contributed by atoms with Gasteiger partial charge in [-0.25, -0.2) is 4.98 Å². The number of nitrogens with zero attached hydrogens (tertiary/aromatic N) is 2. The molecule has 2 N–H and O–H groups in total. The van der Waals surface area contributed by atoms with E-state index in [1.54, 1.807) is 7.11 Å². The lowest BCUT2D eigenvalue weighted by molar-refractivity contribution is 0.412. The molecule has 0 bridgehead atoms. The number of fused-ring (bicyclic) bond motifs is 1. The first kappa shape index (κ1) is 13.6. The predicted octanol–water partition coefficient (Wildman–Crippen LogP) is 3.09. The van der Waals surface area contributed by atoms with Crippen LogP contribution in [0.15, 0.2) is 36.5 Å². The summed E-state index contributed by atoms with van der Waals surface area (Å²) >= 11 is 0. The third kappa shape index (κ3) is 2.28. The van der Waals surface area contributed by atoms with Gasteiger partial charge in [0.05, 0.1) is 12.8 Å². The van der Waals surface area contributed by atoms with E-state index in [4.69, 9.17) is 15.5 Å². The summed E-state index contributed by atoms with van der Waals surface area (Å²) in [6.45, 7) is 4.65. The number of ether oxygens (including phenoxy) is 1. The van der Waals surface area contributed by atoms with Crippen molar-refractivity contribution in [3.05, 3.63) is 53.3 Å². The number of hydrogen-bond acceptors (Lipinski definition) is 3. The summed E-state index contributed by atoms with van der Waals surface area (Å²) in [6.07, 6.45) is 2.05. The number of benzene rings is 1. The molecule has 0 aliphatic heterocycles. The SMILES string of the molecule is COc1ccc(-c2nc3ccc(CN)cn3c2C)cc1C. The van der Waals surface area contributed by atoms with Crippen LogP contribution in [0.5, 0.6) is 5.75 Å². The summed E-state index contributed by atoms with van der Waals surface area (Å²) in [4.78, 5) is 4.74. The van der Waals surface area contributed by atoms with Crippen LogP contribution >= 0.6 is 0 Å². The molecule has 4 nitrogen and oxygen atoms in total. The van der Waals surface area contributed by atoms with Crippen molar-refractivity contribution in [1.29, 1.82) is 0 Å². The van der Waals surface area contributed by atoms with E-state index in [9.17, 15) is 0 Å². The van der Waals surface area contributed by atoms with Gasteiger partial charge in [0.15, 0.2) is 0 Å². The van der Waals surface area contributed by atoms with Crippen molar-refractivity contribution in [3.8, 4) is 17.0 Å². The van der Waals surface area contributed by atoms with Gasteiger partial charge in [0.1, 0.15) is 11.4 Å². The van der Waals surface area contributed by atoms with Crippen LogP contribution in [0.1, 0.15) is 16.8 Å². The van der Waals surface area contributed by atoms with Crippen molar-refractivity contribution in [2.24, 2.45) is 5.73 Å². The minimum Gasteiger partial charge on any atom is -0.496 e. The van der Waals surface area contributed by atoms with E-state index < -0.39 is 0 Å². The molecular weight excluding hydrogens is 262 g/mol. The second kappa shape index (κ2) is 5.22. The molecule has 0 saturated heterocycles. The van der Waals surface area contributed by atoms with Crippen molar-refractivity contribution in [1.82, 2.24) is 9.38 Å². The van der Waals surface area contributed by atoms with Gasteiger partial charge in [-0.05, 0) is 49.2 Å². The molecule has 0 spiro atoms. The van der Waals surface area contributed by atoms with Crippen LogP contribution in [0.25, 0.3) is 16.9 Å². The molecule has 2 heterocycles. The summed E-state index contributed by atoms with van der Waals surface area (Å²) in [7, 11) is 1.69. The van der Waals surface area contributed by atoms with E-state index in [1.165, 1.54) is 0 Å². The van der Waals surface area contributed by atoms with Gasteiger partial charge in [0.25, 0.3) is 0 Å². The molecule has 4 heteroatoms. The zero-order valence-electron chi connectivity index (χ0n) is 12.6. The summed E-state index contributed by atoms with van der Waals surface area (Å²) in [5.74, 6) is 0.894. The maximum absolute atomic E-state index is 5.71. The van der Waals surface area contributed by atoms with Gasteiger partial charge in [0, 0.05) is 24.0 Å². The Balaban J connectivity index is 2.16. The number of hydrogen-bond donors (Lipinski definition) is 1. The number of nitrogens with two attached hydrogens (primary N) is 1. The summed E-state index contributed by atoms with van der Waals surface area (Å²) < 4.78 is 7.41. The molecule has 0 fully saturated rings. The van der Waals surface area contributed by atoms with Crippen LogP contribution in [0.4, 0.5) is 0 Å². The Morgan fingerprint density at radius 1 is 1.19 bits per heavy atom. The van der Waals surface area contributed by atoms with E-state index >= 15 is 0 Å². The molecular formula is C17H19N3O. The van der Waals surface area contributed by atoms with Crippen LogP contribution in [0, 0.1) is 13.8 Å². The van der Waals surface area contributed by atoms with E-state index in [-0.39, 0.29) is 0 Å². The monoisotopic (exact) mass is 281 g/mol. The highest BCUT2D eigenvalue weighted by molar-refractivity contribution is 5.68. The fraction of sp³-hybridized carbons (Fsp3) is 0.235. The minimum absolute atomic E-state index is 0.532. The average Bonchev–Trinajstić information content (AvgIpc) is 2.83. The van der Waals surface area contributed by atoms with Crippen LogP contribution in [0.3, 0.4) is 0 Å². The molecule has 3 aromatic rings. The minimum atomic E-state index is 0.532. The highest BCUT2D eigenvalue weighted by Crippen LogP contribution is 2.28. The Kier molecular flexibility index (Phi) is 3.39. The molecule has 108 valence electrons. The highest BCUT2D eigenvalue weighted by Gasteiger charge is 2.12. The second-order valence-electron chi connectivity index (χ2n) is 5.20. The number of aryl methyl sites for hydroxylation is 2. The number of aromatic nitrogens is 2. The van der Waals surface area contributed by atoms with Gasteiger partial charge >= 0.3 is 0 Å². The number of rotatable bonds is 3. The maximum atomic E-state index is 5.71. The lowest BCUT2D eigenvalue weighted by Gasteiger charge is -2.06. The van der Waals surface area contributed by atoms with E-state index in [1.807, 2.05) is 31.2 Å². The van der Waals surface area contributed by atoms with E-state index in [0.717, 1.165) is 39.5 Å². The van der Waals surface area contributed by atoms with E-state index in [2.05, 4.69) is 23.6 Å². The molecule has 2 aromatic heterocycles. The van der Waals surface area contributed by atoms with Gasteiger partial charge in [-0.1, -0.05) is 6.07 Å². The van der Waals surface area contributed by atoms with Crippen molar-refractivity contribution in [3.63, 3.8) is 0 Å². The van der Waals surface area contributed by atoms with Gasteiger partial charge in [0.2, 0.25) is 0 Å². The molecule has 1 aromatic carbocycles. The lowest BCUT2D eigenvalue weighted by atomic mass is 10.1. The van der Waals surface area contributed by atoms with Crippen LogP contribution in [-0.2, 0) is 6.54 Å². The summed E-state index contributed by atoms with van der Waals surface area (Å²) in [5, 5.41) is 0. The van der Waals surface area contributed by atoms with Crippen molar-refractivity contribution in [2.45, 2.75) is 20.4 Å². The molecule has 0 saturated carbocycles. The molecule has 3 rings (SSSR count). The largest absolute Gasteiger partial charge is 0.496 e. The summed E-state index contributed by atoms with van der Waals surface area (Å²) in [5.41, 5.74) is 12.1. The number of pyridine rings is 1. The van der Waals surface area contributed by atoms with Crippen molar-refractivity contribution < 1.29 is 4.74 Å². The Morgan fingerprint density at radius 3 is 2.67 bits per heavy atom. The maximum Gasteiger partial charge on any atom is 0.137 e. The Bertz CT molecular complexity index is 805. The fourth-order valence-corrected chi connectivity index (χ4v) is 2.63. The quantitative estimate of drug-likeness (QED) is 0.802. The van der Waals surface area contributed by atoms with Gasteiger partial charge in [-0.2, -0.15) is 0 Å². The fourth-order valence-electron chi connectivity index (χ4n) is 2.63. The lowest BCUT2D eigenvalue weighted by Crippen LogP contribution is -1.98. The average molecular weight is 281 g/mol. The number of imidazole rings is 1.